The van der Waals surface area contributed by atoms with Crippen molar-refractivity contribution in [3.05, 3.63) is 52.6 Å². The summed E-state index contributed by atoms with van der Waals surface area (Å²) in [5.74, 6) is -0.145. The van der Waals surface area contributed by atoms with Crippen molar-refractivity contribution in [2.75, 3.05) is 7.11 Å². The van der Waals surface area contributed by atoms with Crippen molar-refractivity contribution in [1.29, 1.82) is 0 Å². The molecule has 1 aliphatic rings. The summed E-state index contributed by atoms with van der Waals surface area (Å²) in [6.45, 7) is 1.70. The standard InChI is InChI=1S/C18H16O5/c1-10-17(22-2)12(9-19)16(21)15-13(20)8-14(23-18(10)15)11-6-4-3-5-7-11/h3-7,9,14,21H,8H2,1-2H3. The molecule has 3 rings (SSSR count). The summed E-state index contributed by atoms with van der Waals surface area (Å²) in [6.07, 6.45) is 0.160. The second-order valence-corrected chi connectivity index (χ2v) is 5.39. The van der Waals surface area contributed by atoms with E-state index >= 15 is 0 Å². The van der Waals surface area contributed by atoms with Gasteiger partial charge in [-0.3, -0.25) is 9.59 Å². The smallest absolute Gasteiger partial charge is 0.174 e. The molecule has 0 fully saturated rings. The van der Waals surface area contributed by atoms with E-state index in [0.29, 0.717) is 11.8 Å². The first-order valence-corrected chi connectivity index (χ1v) is 7.22. The van der Waals surface area contributed by atoms with Gasteiger partial charge >= 0.3 is 0 Å². The number of Topliss-reactive ketones (excluding diaryl/α,β-unsaturated/α-hetero) is 1. The second-order valence-electron chi connectivity index (χ2n) is 5.39. The van der Waals surface area contributed by atoms with Crippen LogP contribution in [-0.4, -0.2) is 24.3 Å². The summed E-state index contributed by atoms with van der Waals surface area (Å²) < 4.78 is 11.2. The molecule has 0 amide bonds. The molecule has 0 radical (unpaired) electrons. The van der Waals surface area contributed by atoms with E-state index in [1.165, 1.54) is 7.11 Å². The van der Waals surface area contributed by atoms with Crippen LogP contribution in [0.5, 0.6) is 17.2 Å². The van der Waals surface area contributed by atoms with Gasteiger partial charge in [0, 0.05) is 5.56 Å². The largest absolute Gasteiger partial charge is 0.506 e. The van der Waals surface area contributed by atoms with Crippen LogP contribution >= 0.6 is 0 Å². The number of fused-ring (bicyclic) bond motifs is 1. The Morgan fingerprint density at radius 1 is 1.30 bits per heavy atom. The first-order valence-electron chi connectivity index (χ1n) is 7.22. The second kappa shape index (κ2) is 5.76. The minimum absolute atomic E-state index is 0.0288. The topological polar surface area (TPSA) is 72.8 Å². The number of carbonyl (C=O) groups is 2. The third-order valence-electron chi connectivity index (χ3n) is 4.05. The van der Waals surface area contributed by atoms with Gasteiger partial charge < -0.3 is 14.6 Å². The molecule has 1 atom stereocenters. The number of aldehydes is 1. The predicted molar refractivity (Wildman–Crippen MR) is 83.5 cm³/mol. The van der Waals surface area contributed by atoms with Gasteiger partial charge in [0.05, 0.1) is 19.1 Å². The minimum atomic E-state index is -0.430. The molecule has 23 heavy (non-hydrogen) atoms. The quantitative estimate of drug-likeness (QED) is 0.881. The number of benzene rings is 2. The van der Waals surface area contributed by atoms with Crippen molar-refractivity contribution in [2.45, 2.75) is 19.4 Å². The molecule has 2 aromatic carbocycles. The van der Waals surface area contributed by atoms with Crippen molar-refractivity contribution >= 4 is 12.1 Å². The first-order chi connectivity index (χ1) is 11.1. The number of ketones is 1. The van der Waals surface area contributed by atoms with Gasteiger partial charge in [0.25, 0.3) is 0 Å². The Morgan fingerprint density at radius 3 is 2.61 bits per heavy atom. The number of aromatic hydroxyl groups is 1. The van der Waals surface area contributed by atoms with Gasteiger partial charge in [-0.15, -0.1) is 0 Å². The van der Waals surface area contributed by atoms with Crippen LogP contribution in [0.25, 0.3) is 0 Å². The highest BCUT2D eigenvalue weighted by Crippen LogP contribution is 2.47. The molecule has 0 aliphatic carbocycles. The number of hydrogen-bond donors (Lipinski definition) is 1. The Bertz CT molecular complexity index is 780. The van der Waals surface area contributed by atoms with E-state index in [2.05, 4.69) is 0 Å². The maximum absolute atomic E-state index is 12.5. The van der Waals surface area contributed by atoms with Gasteiger partial charge in [-0.1, -0.05) is 30.3 Å². The number of hydrogen-bond acceptors (Lipinski definition) is 5. The molecule has 1 unspecified atom stereocenters. The van der Waals surface area contributed by atoms with Gasteiger partial charge in [0.1, 0.15) is 28.9 Å². The average molecular weight is 312 g/mol. The van der Waals surface area contributed by atoms with E-state index in [9.17, 15) is 14.7 Å². The van der Waals surface area contributed by atoms with Gasteiger partial charge in [-0.25, -0.2) is 0 Å². The number of rotatable bonds is 3. The van der Waals surface area contributed by atoms with Crippen molar-refractivity contribution in [3.63, 3.8) is 0 Å². The zero-order chi connectivity index (χ0) is 16.6. The monoisotopic (exact) mass is 312 g/mol. The molecule has 0 saturated carbocycles. The molecule has 1 heterocycles. The lowest BCUT2D eigenvalue weighted by molar-refractivity contribution is 0.0842. The molecule has 5 heteroatoms. The Morgan fingerprint density at radius 2 is 2.00 bits per heavy atom. The molecule has 118 valence electrons. The van der Waals surface area contributed by atoms with Crippen molar-refractivity contribution in [3.8, 4) is 17.2 Å². The highest BCUT2D eigenvalue weighted by atomic mass is 16.5. The van der Waals surface area contributed by atoms with Crippen molar-refractivity contribution in [1.82, 2.24) is 0 Å². The van der Waals surface area contributed by atoms with Gasteiger partial charge in [0.15, 0.2) is 12.1 Å². The number of methoxy groups -OCH3 is 1. The van der Waals surface area contributed by atoms with Crippen LogP contribution in [0.4, 0.5) is 0 Å². The minimum Gasteiger partial charge on any atom is -0.506 e. The number of ether oxygens (including phenoxy) is 2. The third-order valence-corrected chi connectivity index (χ3v) is 4.05. The first kappa shape index (κ1) is 15.1. The molecule has 0 spiro atoms. The predicted octanol–water partition coefficient (Wildman–Crippen LogP) is 3.23. The Kier molecular flexibility index (Phi) is 3.78. The molecule has 2 aromatic rings. The van der Waals surface area contributed by atoms with Crippen LogP contribution < -0.4 is 9.47 Å². The summed E-state index contributed by atoms with van der Waals surface area (Å²) in [7, 11) is 1.40. The van der Waals surface area contributed by atoms with Crippen LogP contribution in [-0.2, 0) is 0 Å². The maximum Gasteiger partial charge on any atom is 0.174 e. The number of carbonyl (C=O) groups excluding carboxylic acids is 2. The highest BCUT2D eigenvalue weighted by molar-refractivity contribution is 6.06. The SMILES string of the molecule is COc1c(C)c2c(c(O)c1C=O)C(=O)CC(c1ccccc1)O2. The van der Waals surface area contributed by atoms with E-state index in [0.717, 1.165) is 5.56 Å². The molecule has 0 aromatic heterocycles. The fraction of sp³-hybridized carbons (Fsp3) is 0.222. The molecule has 1 N–H and O–H groups in total. The molecular weight excluding hydrogens is 296 g/mol. The summed E-state index contributed by atoms with van der Waals surface area (Å²) in [5, 5.41) is 10.3. The summed E-state index contributed by atoms with van der Waals surface area (Å²) in [6, 6.07) is 9.40. The lowest BCUT2D eigenvalue weighted by atomic mass is 9.91. The van der Waals surface area contributed by atoms with Crippen molar-refractivity contribution in [2.24, 2.45) is 0 Å². The fourth-order valence-corrected chi connectivity index (χ4v) is 2.93. The molecule has 1 aliphatic heterocycles. The Labute approximate surface area is 133 Å². The van der Waals surface area contributed by atoms with Crippen LogP contribution in [0.3, 0.4) is 0 Å². The number of phenols is 1. The van der Waals surface area contributed by atoms with Crippen LogP contribution in [0.2, 0.25) is 0 Å². The zero-order valence-corrected chi connectivity index (χ0v) is 12.8. The average Bonchev–Trinajstić information content (AvgIpc) is 2.57. The zero-order valence-electron chi connectivity index (χ0n) is 12.8. The number of phenolic OH excluding ortho intramolecular Hbond substituents is 1. The van der Waals surface area contributed by atoms with Crippen LogP contribution in [0.1, 0.15) is 44.4 Å². The van der Waals surface area contributed by atoms with Gasteiger partial charge in [-0.05, 0) is 12.5 Å². The summed E-state index contributed by atoms with van der Waals surface area (Å²) in [4.78, 5) is 23.8. The molecule has 0 saturated heterocycles. The van der Waals surface area contributed by atoms with E-state index in [4.69, 9.17) is 9.47 Å². The highest BCUT2D eigenvalue weighted by Gasteiger charge is 2.34. The van der Waals surface area contributed by atoms with E-state index < -0.39 is 6.10 Å². The van der Waals surface area contributed by atoms with Gasteiger partial charge in [0.2, 0.25) is 0 Å². The van der Waals surface area contributed by atoms with Crippen LogP contribution in [0, 0.1) is 6.92 Å². The van der Waals surface area contributed by atoms with E-state index in [1.54, 1.807) is 6.92 Å². The normalized spacial score (nSPS) is 16.4. The maximum atomic E-state index is 12.5. The molecule has 5 nitrogen and oxygen atoms in total. The summed E-state index contributed by atoms with van der Waals surface area (Å²) >= 11 is 0. The van der Waals surface area contributed by atoms with Crippen LogP contribution in [0.15, 0.2) is 30.3 Å². The Hall–Kier alpha value is -2.82. The lowest BCUT2D eigenvalue weighted by Crippen LogP contribution is -2.22. The van der Waals surface area contributed by atoms with Gasteiger partial charge in [-0.2, -0.15) is 0 Å². The molecule has 0 bridgehead atoms. The fourth-order valence-electron chi connectivity index (χ4n) is 2.93. The summed E-state index contributed by atoms with van der Waals surface area (Å²) in [5.41, 5.74) is 1.43. The van der Waals surface area contributed by atoms with E-state index in [-0.39, 0.29) is 40.6 Å². The van der Waals surface area contributed by atoms with Crippen molar-refractivity contribution < 1.29 is 24.2 Å². The Balaban J connectivity index is 2.16. The molecular formula is C18H16O5. The van der Waals surface area contributed by atoms with E-state index in [1.807, 2.05) is 30.3 Å². The third kappa shape index (κ3) is 2.34. The lowest BCUT2D eigenvalue weighted by Gasteiger charge is -2.28.